The van der Waals surface area contributed by atoms with E-state index in [0.29, 0.717) is 5.56 Å². The van der Waals surface area contributed by atoms with E-state index in [1.54, 1.807) is 0 Å². The van der Waals surface area contributed by atoms with Gasteiger partial charge < -0.3 is 10.0 Å². The molecule has 4 heteroatoms. The van der Waals surface area contributed by atoms with E-state index in [0.717, 1.165) is 29.4 Å². The Morgan fingerprint density at radius 1 is 1.35 bits per heavy atom. The maximum atomic E-state index is 12.3. The summed E-state index contributed by atoms with van der Waals surface area (Å²) in [5.41, 5.74) is 0.714. The number of hydrogen-bond donors (Lipinski definition) is 1. The molecule has 1 aromatic carbocycles. The van der Waals surface area contributed by atoms with Crippen LogP contribution < -0.4 is 0 Å². The van der Waals surface area contributed by atoms with Gasteiger partial charge >= 0.3 is 0 Å². The molecule has 1 N–H and O–H groups in total. The number of rotatable bonds is 2. The van der Waals surface area contributed by atoms with Crippen molar-refractivity contribution in [3.8, 4) is 0 Å². The van der Waals surface area contributed by atoms with Crippen LogP contribution in [0.2, 0.25) is 0 Å². The Bertz CT molecular complexity index is 391. The van der Waals surface area contributed by atoms with Crippen LogP contribution in [0, 0.1) is 3.57 Å². The van der Waals surface area contributed by atoms with Gasteiger partial charge in [-0.15, -0.1) is 0 Å². The zero-order valence-corrected chi connectivity index (χ0v) is 11.8. The van der Waals surface area contributed by atoms with Gasteiger partial charge in [0.2, 0.25) is 0 Å². The molecular formula is C13H16INO2. The number of aliphatic hydroxyl groups is 1. The first kappa shape index (κ1) is 12.8. The quantitative estimate of drug-likeness (QED) is 0.836. The summed E-state index contributed by atoms with van der Waals surface area (Å²) in [4.78, 5) is 14.1. The second-order valence-corrected chi connectivity index (χ2v) is 5.58. The Labute approximate surface area is 115 Å². The summed E-state index contributed by atoms with van der Waals surface area (Å²) < 4.78 is 1.12. The number of halogens is 1. The zero-order chi connectivity index (χ0) is 12.3. The molecule has 17 heavy (non-hydrogen) atoms. The van der Waals surface area contributed by atoms with Gasteiger partial charge in [0.25, 0.3) is 5.91 Å². The average Bonchev–Trinajstić information content (AvgIpc) is 2.39. The number of nitrogens with zero attached hydrogens (tertiary/aromatic N) is 1. The van der Waals surface area contributed by atoms with Gasteiger partial charge in [-0.25, -0.2) is 0 Å². The topological polar surface area (TPSA) is 40.5 Å². The molecule has 1 amide bonds. The van der Waals surface area contributed by atoms with Crippen LogP contribution in [0.15, 0.2) is 24.3 Å². The summed E-state index contributed by atoms with van der Waals surface area (Å²) in [6, 6.07) is 7.58. The first-order chi connectivity index (χ1) is 8.22. The first-order valence-electron chi connectivity index (χ1n) is 5.90. The predicted molar refractivity (Wildman–Crippen MR) is 74.9 cm³/mol. The molecule has 0 bridgehead atoms. The van der Waals surface area contributed by atoms with Crippen molar-refractivity contribution in [1.82, 2.24) is 4.90 Å². The van der Waals surface area contributed by atoms with Crippen LogP contribution in [-0.4, -0.2) is 35.1 Å². The summed E-state index contributed by atoms with van der Waals surface area (Å²) in [7, 11) is 0. The minimum Gasteiger partial charge on any atom is -0.394 e. The van der Waals surface area contributed by atoms with E-state index in [4.69, 9.17) is 0 Å². The van der Waals surface area contributed by atoms with E-state index < -0.39 is 0 Å². The summed E-state index contributed by atoms with van der Waals surface area (Å²) in [5.74, 6) is 0.0418. The van der Waals surface area contributed by atoms with Crippen LogP contribution in [0.25, 0.3) is 0 Å². The van der Waals surface area contributed by atoms with E-state index in [2.05, 4.69) is 22.6 Å². The van der Waals surface area contributed by atoms with Crippen molar-refractivity contribution in [1.29, 1.82) is 0 Å². The molecule has 1 aliphatic heterocycles. The molecule has 1 aromatic rings. The van der Waals surface area contributed by atoms with Crippen LogP contribution in [-0.2, 0) is 0 Å². The molecule has 1 heterocycles. The minimum absolute atomic E-state index is 0.00414. The molecule has 0 spiro atoms. The third-order valence-corrected chi connectivity index (χ3v) is 3.91. The van der Waals surface area contributed by atoms with Crippen molar-refractivity contribution >= 4 is 28.5 Å². The summed E-state index contributed by atoms with van der Waals surface area (Å²) >= 11 is 2.22. The lowest BCUT2D eigenvalue weighted by Crippen LogP contribution is -2.45. The van der Waals surface area contributed by atoms with E-state index >= 15 is 0 Å². The Kier molecular flexibility index (Phi) is 4.39. The fourth-order valence-corrected chi connectivity index (χ4v) is 2.58. The van der Waals surface area contributed by atoms with Crippen LogP contribution in [0.4, 0.5) is 0 Å². The number of piperidine rings is 1. The van der Waals surface area contributed by atoms with Crippen molar-refractivity contribution in [2.75, 3.05) is 13.2 Å². The van der Waals surface area contributed by atoms with Crippen LogP contribution in [0.1, 0.15) is 29.6 Å². The summed E-state index contributed by atoms with van der Waals surface area (Å²) in [6.07, 6.45) is 3.04. The minimum atomic E-state index is -0.00414. The third-order valence-electron chi connectivity index (χ3n) is 3.19. The molecular weight excluding hydrogens is 329 g/mol. The van der Waals surface area contributed by atoms with Crippen molar-refractivity contribution in [2.24, 2.45) is 0 Å². The second-order valence-electron chi connectivity index (χ2n) is 4.34. The normalized spacial score (nSPS) is 20.4. The number of carbonyl (C=O) groups excluding carboxylic acids is 1. The van der Waals surface area contributed by atoms with E-state index in [1.165, 1.54) is 0 Å². The van der Waals surface area contributed by atoms with E-state index in [1.807, 2.05) is 29.2 Å². The number of amides is 1. The Hall–Kier alpha value is -0.620. The number of aliphatic hydroxyl groups excluding tert-OH is 1. The molecule has 0 aromatic heterocycles. The molecule has 0 aliphatic carbocycles. The van der Waals surface area contributed by atoms with Crippen molar-refractivity contribution < 1.29 is 9.90 Å². The molecule has 0 radical (unpaired) electrons. The van der Waals surface area contributed by atoms with Gasteiger partial charge in [0.1, 0.15) is 0 Å². The van der Waals surface area contributed by atoms with Gasteiger partial charge in [-0.1, -0.05) is 0 Å². The van der Waals surface area contributed by atoms with E-state index in [9.17, 15) is 9.90 Å². The smallest absolute Gasteiger partial charge is 0.254 e. The van der Waals surface area contributed by atoms with Gasteiger partial charge in [0.15, 0.2) is 0 Å². The highest BCUT2D eigenvalue weighted by Crippen LogP contribution is 2.19. The highest BCUT2D eigenvalue weighted by atomic mass is 127. The van der Waals surface area contributed by atoms with Gasteiger partial charge in [0.05, 0.1) is 12.6 Å². The van der Waals surface area contributed by atoms with Gasteiger partial charge in [0, 0.05) is 15.7 Å². The third kappa shape index (κ3) is 2.98. The van der Waals surface area contributed by atoms with Crippen molar-refractivity contribution in [2.45, 2.75) is 25.3 Å². The average molecular weight is 345 g/mol. The monoisotopic (exact) mass is 345 g/mol. The van der Waals surface area contributed by atoms with Gasteiger partial charge in [-0.2, -0.15) is 0 Å². The molecule has 1 unspecified atom stereocenters. The lowest BCUT2D eigenvalue weighted by molar-refractivity contribution is 0.0503. The largest absolute Gasteiger partial charge is 0.394 e. The standard InChI is InChI=1S/C13H16INO2/c14-11-6-4-10(5-7-11)13(17)15-8-2-1-3-12(15)9-16/h4-7,12,16H,1-3,8-9H2. The Balaban J connectivity index is 2.15. The molecule has 1 fully saturated rings. The summed E-state index contributed by atoms with van der Waals surface area (Å²) in [6.45, 7) is 0.826. The molecule has 1 aliphatic rings. The highest BCUT2D eigenvalue weighted by molar-refractivity contribution is 14.1. The maximum absolute atomic E-state index is 12.3. The molecule has 0 saturated carbocycles. The van der Waals surface area contributed by atoms with Crippen molar-refractivity contribution in [3.05, 3.63) is 33.4 Å². The predicted octanol–water partition coefficient (Wildman–Crippen LogP) is 2.28. The number of benzene rings is 1. The Morgan fingerprint density at radius 3 is 2.71 bits per heavy atom. The fraction of sp³-hybridized carbons (Fsp3) is 0.462. The molecule has 1 saturated heterocycles. The fourth-order valence-electron chi connectivity index (χ4n) is 2.22. The van der Waals surface area contributed by atoms with Crippen LogP contribution >= 0.6 is 22.6 Å². The van der Waals surface area contributed by atoms with Gasteiger partial charge in [-0.3, -0.25) is 4.79 Å². The molecule has 92 valence electrons. The second kappa shape index (κ2) is 5.82. The number of carbonyl (C=O) groups is 1. The summed E-state index contributed by atoms with van der Waals surface area (Å²) in [5, 5.41) is 9.31. The lowest BCUT2D eigenvalue weighted by atomic mass is 10.0. The first-order valence-corrected chi connectivity index (χ1v) is 6.97. The number of likely N-dealkylation sites (tertiary alicyclic amines) is 1. The number of hydrogen-bond acceptors (Lipinski definition) is 2. The highest BCUT2D eigenvalue weighted by Gasteiger charge is 2.26. The molecule has 2 rings (SSSR count). The molecule has 3 nitrogen and oxygen atoms in total. The van der Waals surface area contributed by atoms with Crippen molar-refractivity contribution in [3.63, 3.8) is 0 Å². The zero-order valence-electron chi connectivity index (χ0n) is 9.60. The van der Waals surface area contributed by atoms with E-state index in [-0.39, 0.29) is 18.6 Å². The molecule has 1 atom stereocenters. The lowest BCUT2D eigenvalue weighted by Gasteiger charge is -2.34. The Morgan fingerprint density at radius 2 is 2.06 bits per heavy atom. The SMILES string of the molecule is O=C(c1ccc(I)cc1)N1CCCCC1CO. The maximum Gasteiger partial charge on any atom is 0.254 e. The van der Waals surface area contributed by atoms with Crippen LogP contribution in [0.5, 0.6) is 0 Å². The van der Waals surface area contributed by atoms with Gasteiger partial charge in [-0.05, 0) is 66.1 Å². The van der Waals surface area contributed by atoms with Crippen LogP contribution in [0.3, 0.4) is 0 Å².